The molecule has 0 aliphatic carbocycles. The molecule has 14 heteroatoms. The highest BCUT2D eigenvalue weighted by Crippen LogP contribution is 2.35. The smallest absolute Gasteiger partial charge is 0.434 e. The van der Waals surface area contributed by atoms with E-state index >= 15 is 0 Å². The SMILES string of the molecule is C[Si-](C)(C)C#Cc1c(Oc2ccc(NC(=O)c3cnn(-c4ncccc4F)c3C(F)(F)F)cc2F)ccnc1N. The highest BCUT2D eigenvalue weighted by Gasteiger charge is 2.41. The van der Waals surface area contributed by atoms with E-state index in [0.717, 1.165) is 18.3 Å². The van der Waals surface area contributed by atoms with Crippen LogP contribution in [0.1, 0.15) is 21.6 Å². The van der Waals surface area contributed by atoms with Crippen LogP contribution in [0.2, 0.25) is 19.6 Å². The van der Waals surface area contributed by atoms with Crippen molar-refractivity contribution in [1.82, 2.24) is 19.7 Å². The van der Waals surface area contributed by atoms with Gasteiger partial charge in [-0.25, -0.2) is 23.4 Å². The summed E-state index contributed by atoms with van der Waals surface area (Å²) in [6.07, 6.45) is -2.03. The second-order valence-corrected chi connectivity index (χ2v) is 14.1. The number of nitrogens with zero attached hydrogens (tertiary/aromatic N) is 4. The Labute approximate surface area is 226 Å². The molecule has 1 amide bonds. The zero-order chi connectivity index (χ0) is 29.2. The van der Waals surface area contributed by atoms with E-state index in [1.54, 1.807) is 0 Å². The molecule has 0 bridgehead atoms. The molecule has 3 N–H and O–H groups in total. The average Bonchev–Trinajstić information content (AvgIpc) is 3.31. The first-order valence-corrected chi connectivity index (χ1v) is 15.1. The number of benzene rings is 1. The summed E-state index contributed by atoms with van der Waals surface area (Å²) >= 11 is 0. The standard InChI is InChI=1S/C26H21F5N6O2Si/c1-40(2,3)12-9-16-20(8-11-33-23(16)32)39-21-7-6-15(13-19(21)28)36-25(38)17-14-35-37(22(17)26(29,30)31)24-18(27)5-4-10-34-24/h4-8,10-11,13-14H,1-3H3,(H2,32,33)(H,36,38)/q-1. The fourth-order valence-electron chi connectivity index (χ4n) is 3.38. The molecule has 3 aromatic heterocycles. The molecule has 0 radical (unpaired) electrons. The molecule has 0 atom stereocenters. The number of carbonyl (C=O) groups is 1. The number of hydrogen-bond acceptors (Lipinski definition) is 6. The van der Waals surface area contributed by atoms with Gasteiger partial charge in [-0.3, -0.25) is 10.3 Å². The molecular weight excluding hydrogens is 551 g/mol. The first-order chi connectivity index (χ1) is 18.7. The molecule has 3 heterocycles. The van der Waals surface area contributed by atoms with Crippen molar-refractivity contribution in [3.63, 3.8) is 0 Å². The van der Waals surface area contributed by atoms with E-state index in [4.69, 9.17) is 10.5 Å². The van der Waals surface area contributed by atoms with Crippen LogP contribution in [0.25, 0.3) is 5.82 Å². The second kappa shape index (κ2) is 10.8. The number of carbonyl (C=O) groups excluding carboxylic acids is 1. The third-order valence-electron chi connectivity index (χ3n) is 5.14. The number of hydrogen-bond donors (Lipinski definition) is 2. The van der Waals surface area contributed by atoms with Crippen LogP contribution < -0.4 is 15.8 Å². The summed E-state index contributed by atoms with van der Waals surface area (Å²) in [5, 5.41) is 5.71. The van der Waals surface area contributed by atoms with Crippen LogP contribution in [-0.4, -0.2) is 33.7 Å². The largest absolute Gasteiger partial charge is 0.453 e. The highest BCUT2D eigenvalue weighted by atomic mass is 28.3. The maximum absolute atomic E-state index is 14.9. The number of nitrogens with two attached hydrogens (primary N) is 1. The quantitative estimate of drug-likeness (QED) is 0.177. The summed E-state index contributed by atoms with van der Waals surface area (Å²) in [4.78, 5) is 20.3. The Bertz CT molecular complexity index is 1650. The third-order valence-corrected chi connectivity index (χ3v) is 6.01. The maximum atomic E-state index is 14.9. The van der Waals surface area contributed by atoms with Crippen molar-refractivity contribution in [2.24, 2.45) is 0 Å². The number of aromatic nitrogens is 4. The molecule has 0 saturated heterocycles. The Balaban J connectivity index is 1.61. The first-order valence-electron chi connectivity index (χ1n) is 11.6. The minimum atomic E-state index is -5.10. The Hall–Kier alpha value is -4.77. The molecule has 207 valence electrons. The number of ether oxygens (including phenoxy) is 1. The van der Waals surface area contributed by atoms with Gasteiger partial charge in [0.1, 0.15) is 17.1 Å². The molecule has 0 aliphatic heterocycles. The maximum Gasteiger partial charge on any atom is 0.434 e. The number of nitrogens with one attached hydrogen (secondary N) is 1. The normalized spacial score (nSPS) is 11.5. The lowest BCUT2D eigenvalue weighted by Gasteiger charge is -2.18. The average molecular weight is 573 g/mol. The van der Waals surface area contributed by atoms with Crippen LogP contribution in [0, 0.1) is 23.1 Å². The van der Waals surface area contributed by atoms with E-state index in [1.165, 1.54) is 30.5 Å². The molecule has 8 nitrogen and oxygen atoms in total. The molecule has 1 aromatic carbocycles. The van der Waals surface area contributed by atoms with Crippen LogP contribution in [0.4, 0.5) is 33.5 Å². The fourth-order valence-corrected chi connectivity index (χ4v) is 3.88. The van der Waals surface area contributed by atoms with Gasteiger partial charge in [0.25, 0.3) is 5.91 Å². The van der Waals surface area contributed by atoms with Gasteiger partial charge in [-0.2, -0.15) is 37.9 Å². The molecule has 0 saturated carbocycles. The van der Waals surface area contributed by atoms with E-state index in [2.05, 4.69) is 31.8 Å². The topological polar surface area (TPSA) is 108 Å². The van der Waals surface area contributed by atoms with E-state index in [1.807, 2.05) is 19.6 Å². The Morgan fingerprint density at radius 2 is 1.80 bits per heavy atom. The highest BCUT2D eigenvalue weighted by molar-refractivity contribution is 6.83. The Morgan fingerprint density at radius 3 is 2.45 bits per heavy atom. The van der Waals surface area contributed by atoms with E-state index in [-0.39, 0.29) is 33.2 Å². The zero-order valence-electron chi connectivity index (χ0n) is 21.3. The lowest BCUT2D eigenvalue weighted by molar-refractivity contribution is -0.143. The van der Waals surface area contributed by atoms with Gasteiger partial charge in [-0.1, -0.05) is 8.07 Å². The van der Waals surface area contributed by atoms with Gasteiger partial charge in [0.15, 0.2) is 28.9 Å². The van der Waals surface area contributed by atoms with Crippen molar-refractivity contribution in [2.75, 3.05) is 11.1 Å². The predicted molar refractivity (Wildman–Crippen MR) is 140 cm³/mol. The van der Waals surface area contributed by atoms with E-state index < -0.39 is 48.9 Å². The van der Waals surface area contributed by atoms with Crippen molar-refractivity contribution in [2.45, 2.75) is 25.8 Å². The first kappa shape index (κ1) is 28.2. The minimum absolute atomic E-state index is 0.0964. The van der Waals surface area contributed by atoms with Crippen molar-refractivity contribution < 1.29 is 31.5 Å². The Morgan fingerprint density at radius 1 is 1.05 bits per heavy atom. The van der Waals surface area contributed by atoms with Gasteiger partial charge in [0.2, 0.25) is 0 Å². The number of anilines is 2. The summed E-state index contributed by atoms with van der Waals surface area (Å²) in [6.45, 7) is 6.08. The lowest BCUT2D eigenvalue weighted by atomic mass is 10.2. The van der Waals surface area contributed by atoms with Gasteiger partial charge in [-0.15, -0.1) is 5.92 Å². The van der Waals surface area contributed by atoms with Gasteiger partial charge >= 0.3 is 6.18 Å². The number of nitrogen functional groups attached to an aromatic ring is 1. The summed E-state index contributed by atoms with van der Waals surface area (Å²) < 4.78 is 76.5. The van der Waals surface area contributed by atoms with Crippen LogP contribution >= 0.6 is 0 Å². The fraction of sp³-hybridized carbons (Fsp3) is 0.154. The van der Waals surface area contributed by atoms with Crippen LogP contribution in [0.3, 0.4) is 0 Å². The molecule has 0 fully saturated rings. The van der Waals surface area contributed by atoms with E-state index in [9.17, 15) is 26.7 Å². The predicted octanol–water partition coefficient (Wildman–Crippen LogP) is 5.82. The minimum Gasteiger partial charge on any atom is -0.453 e. The summed E-state index contributed by atoms with van der Waals surface area (Å²) in [5.74, 6) is -1.07. The van der Waals surface area contributed by atoms with E-state index in [0.29, 0.717) is 6.20 Å². The van der Waals surface area contributed by atoms with Crippen molar-refractivity contribution in [3.8, 4) is 28.8 Å². The van der Waals surface area contributed by atoms with Crippen molar-refractivity contribution >= 4 is 25.5 Å². The number of pyridine rings is 2. The van der Waals surface area contributed by atoms with Gasteiger partial charge in [0, 0.05) is 30.2 Å². The number of rotatable bonds is 5. The summed E-state index contributed by atoms with van der Waals surface area (Å²) in [7, 11) is -1.79. The van der Waals surface area contributed by atoms with Gasteiger partial charge in [-0.05, 0) is 24.3 Å². The molecule has 4 rings (SSSR count). The molecule has 0 unspecified atom stereocenters. The van der Waals surface area contributed by atoms with Crippen molar-refractivity contribution in [1.29, 1.82) is 0 Å². The number of alkyl halides is 3. The number of amides is 1. The van der Waals surface area contributed by atoms with Gasteiger partial charge < -0.3 is 15.8 Å². The number of halogens is 5. The van der Waals surface area contributed by atoms with Crippen LogP contribution in [0.5, 0.6) is 11.5 Å². The van der Waals surface area contributed by atoms with Crippen LogP contribution in [0.15, 0.2) is 55.0 Å². The van der Waals surface area contributed by atoms with Gasteiger partial charge in [0.05, 0.1) is 11.8 Å². The Kier molecular flexibility index (Phi) is 7.61. The molecule has 4 aromatic rings. The van der Waals surface area contributed by atoms with Crippen molar-refractivity contribution in [3.05, 3.63) is 83.4 Å². The monoisotopic (exact) mass is 572 g/mol. The second-order valence-electron chi connectivity index (χ2n) is 9.40. The zero-order valence-corrected chi connectivity index (χ0v) is 22.3. The third kappa shape index (κ3) is 6.26. The molecule has 0 spiro atoms. The summed E-state index contributed by atoms with van der Waals surface area (Å²) in [5.41, 5.74) is 6.70. The lowest BCUT2D eigenvalue weighted by Crippen LogP contribution is -2.21. The summed E-state index contributed by atoms with van der Waals surface area (Å²) in [6, 6.07) is 6.82. The molecule has 40 heavy (non-hydrogen) atoms. The molecular formula is C26H21F5N6O2Si-. The molecule has 0 aliphatic rings. The van der Waals surface area contributed by atoms with Crippen LogP contribution in [-0.2, 0) is 6.18 Å².